The molecule has 1 aromatic carbocycles. The van der Waals surface area contributed by atoms with Gasteiger partial charge in [-0.05, 0) is 43.2 Å². The van der Waals surface area contributed by atoms with Crippen molar-refractivity contribution in [2.75, 3.05) is 36.5 Å². The van der Waals surface area contributed by atoms with E-state index in [1.807, 2.05) is 12.1 Å². The molecule has 2 fully saturated rings. The number of cyclic esters (lactones) is 1. The highest BCUT2D eigenvalue weighted by molar-refractivity contribution is 5.90. The van der Waals surface area contributed by atoms with Gasteiger partial charge in [0, 0.05) is 42.9 Å². The van der Waals surface area contributed by atoms with Crippen molar-refractivity contribution in [3.63, 3.8) is 0 Å². The summed E-state index contributed by atoms with van der Waals surface area (Å²) in [6.07, 6.45) is 1.58. The number of benzene rings is 1. The van der Waals surface area contributed by atoms with Crippen LogP contribution in [0.5, 0.6) is 0 Å². The predicted molar refractivity (Wildman–Crippen MR) is 130 cm³/mol. The second-order valence-corrected chi connectivity index (χ2v) is 8.50. The molecule has 2 aromatic rings. The first-order valence-electron chi connectivity index (χ1n) is 11.8. The Balaban J connectivity index is 1.36. The average Bonchev–Trinajstić information content (AvgIpc) is 3.27. The number of pyridine rings is 1. The summed E-state index contributed by atoms with van der Waals surface area (Å²) in [5, 5.41) is 2.60. The zero-order valence-corrected chi connectivity index (χ0v) is 20.1. The zero-order valence-electron chi connectivity index (χ0n) is 20.1. The summed E-state index contributed by atoms with van der Waals surface area (Å²) >= 11 is 0. The highest BCUT2D eigenvalue weighted by Crippen LogP contribution is 2.29. The molecule has 11 nitrogen and oxygen atoms in total. The Kier molecular flexibility index (Phi) is 7.84. The molecule has 2 aliphatic heterocycles. The Morgan fingerprint density at radius 3 is 2.64 bits per heavy atom. The lowest BCUT2D eigenvalue weighted by atomic mass is 10.0. The van der Waals surface area contributed by atoms with E-state index in [-0.39, 0.29) is 24.9 Å². The fourth-order valence-electron chi connectivity index (χ4n) is 4.13. The summed E-state index contributed by atoms with van der Waals surface area (Å²) in [4.78, 5) is 42.9. The largest absolute Gasteiger partial charge is 0.452 e. The van der Waals surface area contributed by atoms with Gasteiger partial charge in [-0.15, -0.1) is 0 Å². The molecule has 2 saturated heterocycles. The third kappa shape index (κ3) is 5.82. The average molecular weight is 501 g/mol. The Hall–Kier alpha value is -3.93. The molecule has 192 valence electrons. The first-order chi connectivity index (χ1) is 17.4. The van der Waals surface area contributed by atoms with Crippen molar-refractivity contribution >= 4 is 29.6 Å². The summed E-state index contributed by atoms with van der Waals surface area (Å²) in [5.41, 5.74) is 6.77. The SMILES string of the molecule is CCC(=O)NC1CN(c2ccc(-c3ccc(N4CCC(NNC(=O)OC)CC4)nc3)c(F)c2)C(=O)O1. The molecule has 0 saturated carbocycles. The van der Waals surface area contributed by atoms with Crippen LogP contribution in [-0.2, 0) is 14.3 Å². The predicted octanol–water partition coefficient (Wildman–Crippen LogP) is 2.53. The molecule has 1 atom stereocenters. The van der Waals surface area contributed by atoms with Crippen LogP contribution in [0.15, 0.2) is 36.5 Å². The van der Waals surface area contributed by atoms with E-state index in [2.05, 4.69) is 30.8 Å². The third-order valence-corrected chi connectivity index (χ3v) is 6.16. The second kappa shape index (κ2) is 11.2. The van der Waals surface area contributed by atoms with Crippen molar-refractivity contribution in [2.24, 2.45) is 0 Å². The van der Waals surface area contributed by atoms with Crippen molar-refractivity contribution < 1.29 is 28.2 Å². The number of anilines is 2. The molecule has 12 heteroatoms. The van der Waals surface area contributed by atoms with E-state index >= 15 is 0 Å². The fourth-order valence-corrected chi connectivity index (χ4v) is 4.13. The maximum absolute atomic E-state index is 15.0. The molecule has 4 rings (SSSR count). The lowest BCUT2D eigenvalue weighted by Crippen LogP contribution is -2.49. The van der Waals surface area contributed by atoms with Gasteiger partial charge in [0.15, 0.2) is 6.23 Å². The van der Waals surface area contributed by atoms with E-state index in [1.165, 1.54) is 18.1 Å². The van der Waals surface area contributed by atoms with E-state index in [9.17, 15) is 18.8 Å². The lowest BCUT2D eigenvalue weighted by molar-refractivity contribution is -0.123. The van der Waals surface area contributed by atoms with Crippen LogP contribution >= 0.6 is 0 Å². The smallest absolute Gasteiger partial charge is 0.421 e. The van der Waals surface area contributed by atoms with Gasteiger partial charge in [-0.3, -0.25) is 15.1 Å². The highest BCUT2D eigenvalue weighted by atomic mass is 19.1. The van der Waals surface area contributed by atoms with Gasteiger partial charge < -0.3 is 19.7 Å². The number of carbonyl (C=O) groups is 3. The monoisotopic (exact) mass is 500 g/mol. The zero-order chi connectivity index (χ0) is 25.7. The number of rotatable bonds is 7. The van der Waals surface area contributed by atoms with Crippen LogP contribution in [0.3, 0.4) is 0 Å². The van der Waals surface area contributed by atoms with E-state index in [1.54, 1.807) is 25.3 Å². The summed E-state index contributed by atoms with van der Waals surface area (Å²) in [6.45, 7) is 3.31. The number of aromatic nitrogens is 1. The fraction of sp³-hybridized carbons (Fsp3) is 0.417. The minimum atomic E-state index is -0.769. The molecule has 2 aliphatic rings. The maximum Gasteiger partial charge on any atom is 0.421 e. The molecular formula is C24H29FN6O5. The number of ether oxygens (including phenoxy) is 2. The second-order valence-electron chi connectivity index (χ2n) is 8.50. The van der Waals surface area contributed by atoms with E-state index in [0.29, 0.717) is 16.8 Å². The normalized spacial score (nSPS) is 18.1. The summed E-state index contributed by atoms with van der Waals surface area (Å²) in [7, 11) is 1.31. The summed E-state index contributed by atoms with van der Waals surface area (Å²) in [5.74, 6) is 0.0553. The molecular weight excluding hydrogens is 471 g/mol. The molecule has 0 aliphatic carbocycles. The number of nitrogens with zero attached hydrogens (tertiary/aromatic N) is 3. The van der Waals surface area contributed by atoms with Crippen molar-refractivity contribution in [3.05, 3.63) is 42.3 Å². The minimum Gasteiger partial charge on any atom is -0.452 e. The van der Waals surface area contributed by atoms with E-state index in [0.717, 1.165) is 31.7 Å². The van der Waals surface area contributed by atoms with Gasteiger partial charge in [-0.25, -0.2) is 24.4 Å². The molecule has 36 heavy (non-hydrogen) atoms. The number of methoxy groups -OCH3 is 1. The first kappa shape index (κ1) is 25.2. The number of halogens is 1. The van der Waals surface area contributed by atoms with Crippen LogP contribution in [0.2, 0.25) is 0 Å². The Labute approximate surface area is 207 Å². The molecule has 1 aromatic heterocycles. The van der Waals surface area contributed by atoms with Crippen LogP contribution in [0.1, 0.15) is 26.2 Å². The number of hydrogen-bond acceptors (Lipinski definition) is 8. The molecule has 0 radical (unpaired) electrons. The van der Waals surface area contributed by atoms with Crippen LogP contribution in [0, 0.1) is 5.82 Å². The topological polar surface area (TPSA) is 125 Å². The standard InChI is InChI=1S/C24H29FN6O5/c1-3-21(32)27-22-14-31(24(34)36-22)17-5-6-18(19(25)12-17)15-4-7-20(26-13-15)30-10-8-16(9-11-30)28-29-23(33)35-2/h4-7,12-13,16,22,28H,3,8-11,14H2,1-2H3,(H,27,32)(H,29,33). The third-order valence-electron chi connectivity index (χ3n) is 6.16. The number of hydrazine groups is 1. The van der Waals surface area contributed by atoms with E-state index < -0.39 is 24.2 Å². The molecule has 0 bridgehead atoms. The van der Waals surface area contributed by atoms with Gasteiger partial charge in [0.25, 0.3) is 0 Å². The molecule has 3 N–H and O–H groups in total. The van der Waals surface area contributed by atoms with Crippen molar-refractivity contribution in [3.8, 4) is 11.1 Å². The minimum absolute atomic E-state index is 0.102. The van der Waals surface area contributed by atoms with Crippen LogP contribution in [-0.4, -0.2) is 62.1 Å². The first-order valence-corrected chi connectivity index (χ1v) is 11.8. The number of hydrogen-bond donors (Lipinski definition) is 3. The van der Waals surface area contributed by atoms with E-state index in [4.69, 9.17) is 4.74 Å². The maximum atomic E-state index is 15.0. The quantitative estimate of drug-likeness (QED) is 0.496. The Bertz CT molecular complexity index is 1110. The van der Waals surface area contributed by atoms with Crippen LogP contribution < -0.4 is 26.0 Å². The molecule has 3 heterocycles. The van der Waals surface area contributed by atoms with Crippen molar-refractivity contribution in [2.45, 2.75) is 38.5 Å². The number of amides is 3. The van der Waals surface area contributed by atoms with Gasteiger partial charge in [-0.1, -0.05) is 6.92 Å². The highest BCUT2D eigenvalue weighted by Gasteiger charge is 2.33. The number of piperidine rings is 1. The summed E-state index contributed by atoms with van der Waals surface area (Å²) in [6, 6.07) is 8.30. The van der Waals surface area contributed by atoms with Gasteiger partial charge in [0.1, 0.15) is 11.6 Å². The number of nitrogens with one attached hydrogen (secondary N) is 3. The van der Waals surface area contributed by atoms with Gasteiger partial charge >= 0.3 is 12.2 Å². The summed E-state index contributed by atoms with van der Waals surface area (Å²) < 4.78 is 24.7. The van der Waals surface area contributed by atoms with Crippen molar-refractivity contribution in [1.29, 1.82) is 0 Å². The van der Waals surface area contributed by atoms with Crippen LogP contribution in [0.25, 0.3) is 11.1 Å². The lowest BCUT2D eigenvalue weighted by Gasteiger charge is -2.33. The Morgan fingerprint density at radius 2 is 2.00 bits per heavy atom. The van der Waals surface area contributed by atoms with Crippen molar-refractivity contribution in [1.82, 2.24) is 21.2 Å². The number of carbonyl (C=O) groups excluding carboxylic acids is 3. The molecule has 3 amide bonds. The Morgan fingerprint density at radius 1 is 1.22 bits per heavy atom. The molecule has 0 spiro atoms. The molecule has 1 unspecified atom stereocenters. The van der Waals surface area contributed by atoms with Gasteiger partial charge in [0.05, 0.1) is 19.3 Å². The van der Waals surface area contributed by atoms with Gasteiger partial charge in [-0.2, -0.15) is 0 Å². The van der Waals surface area contributed by atoms with Crippen LogP contribution in [0.4, 0.5) is 25.5 Å². The van der Waals surface area contributed by atoms with Gasteiger partial charge in [0.2, 0.25) is 5.91 Å².